The van der Waals surface area contributed by atoms with Gasteiger partial charge in [-0.05, 0) is 43.3 Å². The zero-order valence-electron chi connectivity index (χ0n) is 14.4. The monoisotopic (exact) mass is 378 g/mol. The molecule has 0 radical (unpaired) electrons. The maximum Gasteiger partial charge on any atom is 0.416 e. The first-order valence-electron chi connectivity index (χ1n) is 8.29. The van der Waals surface area contributed by atoms with Crippen LogP contribution in [0.2, 0.25) is 0 Å². The number of carbonyl (C=O) groups is 1. The Labute approximate surface area is 153 Å². The minimum Gasteiger partial charge on any atom is -0.392 e. The molecule has 3 rings (SSSR count). The molecule has 1 atom stereocenters. The number of hydrogen-bond donors (Lipinski definition) is 1. The number of benzene rings is 2. The lowest BCUT2D eigenvalue weighted by atomic mass is 10.0. The van der Waals surface area contributed by atoms with Crippen molar-refractivity contribution in [3.8, 4) is 0 Å². The molecule has 1 amide bonds. The first-order valence-corrected chi connectivity index (χ1v) is 8.29. The molecule has 27 heavy (non-hydrogen) atoms. The average Bonchev–Trinajstić information content (AvgIpc) is 3.10. The van der Waals surface area contributed by atoms with Gasteiger partial charge in [-0.1, -0.05) is 17.3 Å². The lowest BCUT2D eigenvalue weighted by Crippen LogP contribution is -2.24. The Morgan fingerprint density at radius 2 is 1.85 bits per heavy atom. The number of ether oxygens (including phenoxy) is 1. The Morgan fingerprint density at radius 3 is 2.44 bits per heavy atom. The summed E-state index contributed by atoms with van der Waals surface area (Å²) in [5.41, 5.74) is 1.31. The Balaban J connectivity index is 1.67. The molecule has 1 unspecified atom stereocenters. The van der Waals surface area contributed by atoms with Crippen LogP contribution in [0.3, 0.4) is 0 Å². The fourth-order valence-corrected chi connectivity index (χ4v) is 2.62. The first kappa shape index (κ1) is 18.9. The van der Waals surface area contributed by atoms with Gasteiger partial charge in [0, 0.05) is 23.4 Å². The number of rotatable bonds is 5. The van der Waals surface area contributed by atoms with Crippen molar-refractivity contribution in [2.75, 3.05) is 18.5 Å². The second-order valence-corrected chi connectivity index (χ2v) is 5.82. The van der Waals surface area contributed by atoms with Gasteiger partial charge in [0.2, 0.25) is 0 Å². The molecule has 1 aliphatic rings. The number of halogens is 3. The summed E-state index contributed by atoms with van der Waals surface area (Å²) in [6, 6.07) is 10.9. The van der Waals surface area contributed by atoms with Crippen molar-refractivity contribution in [1.29, 1.82) is 0 Å². The van der Waals surface area contributed by atoms with E-state index in [2.05, 4.69) is 10.5 Å². The summed E-state index contributed by atoms with van der Waals surface area (Å²) in [5.74, 6) is -0.424. The topological polar surface area (TPSA) is 59.9 Å². The van der Waals surface area contributed by atoms with Crippen LogP contribution in [-0.4, -0.2) is 30.9 Å². The third-order valence-corrected chi connectivity index (χ3v) is 3.97. The van der Waals surface area contributed by atoms with Gasteiger partial charge in [-0.15, -0.1) is 0 Å². The van der Waals surface area contributed by atoms with Gasteiger partial charge in [-0.25, -0.2) is 0 Å². The number of amides is 1. The second kappa shape index (κ2) is 7.79. The molecule has 0 fully saturated rings. The fraction of sp³-hybridized carbons (Fsp3) is 0.263. The predicted octanol–water partition coefficient (Wildman–Crippen LogP) is 4.10. The smallest absolute Gasteiger partial charge is 0.392 e. The van der Waals surface area contributed by atoms with E-state index in [9.17, 15) is 18.0 Å². The molecule has 1 N–H and O–H groups in total. The van der Waals surface area contributed by atoms with Gasteiger partial charge in [0.15, 0.2) is 0 Å². The normalized spacial score (nSPS) is 16.6. The third kappa shape index (κ3) is 4.46. The molecular formula is C19H17F3N2O3. The molecule has 1 heterocycles. The van der Waals surface area contributed by atoms with Gasteiger partial charge < -0.3 is 14.9 Å². The van der Waals surface area contributed by atoms with Crippen molar-refractivity contribution in [2.24, 2.45) is 5.16 Å². The van der Waals surface area contributed by atoms with E-state index in [0.29, 0.717) is 24.5 Å². The van der Waals surface area contributed by atoms with Gasteiger partial charge >= 0.3 is 6.18 Å². The fourth-order valence-electron chi connectivity index (χ4n) is 2.62. The number of oxime groups is 1. The Morgan fingerprint density at radius 1 is 1.19 bits per heavy atom. The number of hydrogen-bond acceptors (Lipinski definition) is 4. The number of nitrogens with zero attached hydrogens (tertiary/aromatic N) is 1. The second-order valence-electron chi connectivity index (χ2n) is 5.82. The Kier molecular flexibility index (Phi) is 5.46. The zero-order chi connectivity index (χ0) is 19.4. The van der Waals surface area contributed by atoms with Crippen LogP contribution >= 0.6 is 0 Å². The molecule has 0 aliphatic carbocycles. The molecule has 0 spiro atoms. The van der Waals surface area contributed by atoms with Crippen molar-refractivity contribution >= 4 is 17.3 Å². The van der Waals surface area contributed by atoms with Crippen LogP contribution in [-0.2, 0) is 15.8 Å². The molecule has 142 valence electrons. The summed E-state index contributed by atoms with van der Waals surface area (Å²) < 4.78 is 43.3. The summed E-state index contributed by atoms with van der Waals surface area (Å²) in [5, 5.41) is 6.54. The molecule has 2 aromatic carbocycles. The van der Waals surface area contributed by atoms with Crippen LogP contribution in [0.5, 0.6) is 0 Å². The molecular weight excluding hydrogens is 361 g/mol. The number of nitrogens with one attached hydrogen (secondary N) is 1. The maximum absolute atomic E-state index is 12.6. The highest BCUT2D eigenvalue weighted by Crippen LogP contribution is 2.29. The number of alkyl halides is 3. The SMILES string of the molecule is CCOC1CON=C1c1ccc(C(=O)Nc2ccc(C(F)(F)F)cc2)cc1. The molecule has 1 aliphatic heterocycles. The van der Waals surface area contributed by atoms with Gasteiger partial charge in [0.25, 0.3) is 5.91 Å². The van der Waals surface area contributed by atoms with Crippen LogP contribution in [0.15, 0.2) is 53.7 Å². The largest absolute Gasteiger partial charge is 0.416 e. The molecule has 2 aromatic rings. The highest BCUT2D eigenvalue weighted by atomic mass is 19.4. The van der Waals surface area contributed by atoms with Crippen molar-refractivity contribution in [2.45, 2.75) is 19.2 Å². The number of carbonyl (C=O) groups excluding carboxylic acids is 1. The summed E-state index contributed by atoms with van der Waals surface area (Å²) in [7, 11) is 0. The van der Waals surface area contributed by atoms with E-state index < -0.39 is 17.6 Å². The van der Waals surface area contributed by atoms with E-state index >= 15 is 0 Å². The summed E-state index contributed by atoms with van der Waals surface area (Å²) in [4.78, 5) is 17.4. The summed E-state index contributed by atoms with van der Waals surface area (Å²) in [6.07, 6.45) is -4.66. The zero-order valence-corrected chi connectivity index (χ0v) is 14.4. The average molecular weight is 378 g/mol. The van der Waals surface area contributed by atoms with Gasteiger partial charge in [0.05, 0.1) is 5.56 Å². The standard InChI is InChI=1S/C19H17F3N2O3/c1-2-26-16-11-27-24-17(16)12-3-5-13(6-4-12)18(25)23-15-9-7-14(8-10-15)19(20,21)22/h3-10,16H,2,11H2,1H3,(H,23,25). The highest BCUT2D eigenvalue weighted by molar-refractivity contribution is 6.07. The molecule has 0 bridgehead atoms. The van der Waals surface area contributed by atoms with E-state index in [-0.39, 0.29) is 11.8 Å². The van der Waals surface area contributed by atoms with Crippen molar-refractivity contribution in [3.63, 3.8) is 0 Å². The minimum atomic E-state index is -4.41. The molecule has 5 nitrogen and oxygen atoms in total. The van der Waals surface area contributed by atoms with Crippen molar-refractivity contribution < 1.29 is 27.5 Å². The van der Waals surface area contributed by atoms with E-state index in [1.165, 1.54) is 12.1 Å². The van der Waals surface area contributed by atoms with Crippen LogP contribution in [0.4, 0.5) is 18.9 Å². The number of anilines is 1. The quantitative estimate of drug-likeness (QED) is 0.852. The van der Waals surface area contributed by atoms with Crippen LogP contribution < -0.4 is 5.32 Å². The first-order chi connectivity index (χ1) is 12.9. The molecule has 0 saturated heterocycles. The third-order valence-electron chi connectivity index (χ3n) is 3.97. The van der Waals surface area contributed by atoms with Crippen LogP contribution in [0.25, 0.3) is 0 Å². The summed E-state index contributed by atoms with van der Waals surface area (Å²) in [6.45, 7) is 2.75. The minimum absolute atomic E-state index is 0.248. The van der Waals surface area contributed by atoms with E-state index in [4.69, 9.17) is 9.57 Å². The Hall–Kier alpha value is -2.87. The van der Waals surface area contributed by atoms with Crippen molar-refractivity contribution in [1.82, 2.24) is 0 Å². The van der Waals surface area contributed by atoms with Gasteiger partial charge in [0.1, 0.15) is 18.4 Å². The summed E-state index contributed by atoms with van der Waals surface area (Å²) >= 11 is 0. The van der Waals surface area contributed by atoms with Crippen LogP contribution in [0.1, 0.15) is 28.4 Å². The van der Waals surface area contributed by atoms with E-state index in [0.717, 1.165) is 17.7 Å². The maximum atomic E-state index is 12.6. The van der Waals surface area contributed by atoms with Crippen LogP contribution in [0, 0.1) is 0 Å². The molecule has 0 saturated carbocycles. The van der Waals surface area contributed by atoms with Crippen molar-refractivity contribution in [3.05, 3.63) is 65.2 Å². The van der Waals surface area contributed by atoms with E-state index in [1.54, 1.807) is 24.3 Å². The molecule has 0 aromatic heterocycles. The van der Waals surface area contributed by atoms with E-state index in [1.807, 2.05) is 6.92 Å². The highest BCUT2D eigenvalue weighted by Gasteiger charge is 2.30. The van der Waals surface area contributed by atoms with Gasteiger partial charge in [-0.2, -0.15) is 13.2 Å². The lowest BCUT2D eigenvalue weighted by Gasteiger charge is -2.11. The predicted molar refractivity (Wildman–Crippen MR) is 93.7 cm³/mol. The Bertz CT molecular complexity index is 831. The van der Waals surface area contributed by atoms with Gasteiger partial charge in [-0.3, -0.25) is 4.79 Å². The molecule has 8 heteroatoms. The lowest BCUT2D eigenvalue weighted by molar-refractivity contribution is -0.137.